The molecule has 1 aliphatic heterocycles. The first-order chi connectivity index (χ1) is 9.19. The van der Waals surface area contributed by atoms with Gasteiger partial charge in [-0.2, -0.15) is 0 Å². The van der Waals surface area contributed by atoms with Crippen LogP contribution in [0.3, 0.4) is 0 Å². The lowest BCUT2D eigenvalue weighted by atomic mass is 9.88. The van der Waals surface area contributed by atoms with Crippen molar-refractivity contribution in [2.75, 3.05) is 19.6 Å². The lowest BCUT2D eigenvalue weighted by Crippen LogP contribution is -2.38. The van der Waals surface area contributed by atoms with Crippen molar-refractivity contribution in [3.8, 4) is 0 Å². The van der Waals surface area contributed by atoms with Crippen molar-refractivity contribution < 1.29 is 0 Å². The van der Waals surface area contributed by atoms with E-state index in [1.54, 1.807) is 11.3 Å². The molecule has 0 spiro atoms. The SMILES string of the molecule is CC1CCN(CCCCc2nc(CCl)cs2)CC1C. The predicted molar refractivity (Wildman–Crippen MR) is 84.0 cm³/mol. The van der Waals surface area contributed by atoms with E-state index in [4.69, 9.17) is 11.6 Å². The van der Waals surface area contributed by atoms with Gasteiger partial charge in [0, 0.05) is 11.9 Å². The second-order valence-electron chi connectivity index (χ2n) is 5.87. The number of rotatable bonds is 6. The molecule has 2 rings (SSSR count). The van der Waals surface area contributed by atoms with Crippen molar-refractivity contribution in [3.05, 3.63) is 16.1 Å². The van der Waals surface area contributed by atoms with E-state index in [1.165, 1.54) is 43.9 Å². The number of thiazole rings is 1. The lowest BCUT2D eigenvalue weighted by molar-refractivity contribution is 0.136. The van der Waals surface area contributed by atoms with Crippen molar-refractivity contribution in [1.29, 1.82) is 0 Å². The van der Waals surface area contributed by atoms with Gasteiger partial charge in [-0.15, -0.1) is 22.9 Å². The van der Waals surface area contributed by atoms with Crippen molar-refractivity contribution in [3.63, 3.8) is 0 Å². The minimum atomic E-state index is 0.542. The van der Waals surface area contributed by atoms with Crippen molar-refractivity contribution in [2.45, 2.75) is 45.4 Å². The molecule has 1 aliphatic rings. The van der Waals surface area contributed by atoms with Gasteiger partial charge in [-0.3, -0.25) is 0 Å². The second kappa shape index (κ2) is 7.61. The summed E-state index contributed by atoms with van der Waals surface area (Å²) >= 11 is 7.52. The molecule has 19 heavy (non-hydrogen) atoms. The number of hydrogen-bond donors (Lipinski definition) is 0. The average Bonchev–Trinajstić information content (AvgIpc) is 2.87. The fourth-order valence-corrected chi connectivity index (χ4v) is 3.76. The molecular formula is C15H25ClN2S. The molecule has 1 aromatic rings. The third kappa shape index (κ3) is 4.73. The van der Waals surface area contributed by atoms with E-state index in [0.717, 1.165) is 24.0 Å². The van der Waals surface area contributed by atoms with E-state index < -0.39 is 0 Å². The van der Waals surface area contributed by atoms with Gasteiger partial charge in [0.2, 0.25) is 0 Å². The highest BCUT2D eigenvalue weighted by Crippen LogP contribution is 2.22. The summed E-state index contributed by atoms with van der Waals surface area (Å²) in [6.07, 6.45) is 5.01. The quantitative estimate of drug-likeness (QED) is 0.579. The van der Waals surface area contributed by atoms with Gasteiger partial charge in [0.25, 0.3) is 0 Å². The summed E-state index contributed by atoms with van der Waals surface area (Å²) in [4.78, 5) is 7.14. The van der Waals surface area contributed by atoms with Crippen molar-refractivity contribution in [1.82, 2.24) is 9.88 Å². The van der Waals surface area contributed by atoms with Gasteiger partial charge in [0.15, 0.2) is 0 Å². The van der Waals surface area contributed by atoms with Crippen LogP contribution in [-0.2, 0) is 12.3 Å². The number of halogens is 1. The number of piperidine rings is 1. The van der Waals surface area contributed by atoms with Gasteiger partial charge >= 0.3 is 0 Å². The molecule has 2 atom stereocenters. The zero-order valence-electron chi connectivity index (χ0n) is 12.1. The molecule has 0 radical (unpaired) electrons. The highest BCUT2D eigenvalue weighted by Gasteiger charge is 2.21. The summed E-state index contributed by atoms with van der Waals surface area (Å²) in [5.74, 6) is 2.31. The van der Waals surface area contributed by atoms with Crippen LogP contribution in [0.5, 0.6) is 0 Å². The predicted octanol–water partition coefficient (Wildman–Crippen LogP) is 4.18. The molecule has 0 aromatic carbocycles. The molecule has 0 amide bonds. The third-order valence-electron chi connectivity index (χ3n) is 4.27. The van der Waals surface area contributed by atoms with Crippen molar-refractivity contribution >= 4 is 22.9 Å². The molecule has 2 unspecified atom stereocenters. The maximum absolute atomic E-state index is 5.77. The van der Waals surface area contributed by atoms with Crippen LogP contribution in [0.15, 0.2) is 5.38 Å². The fraction of sp³-hybridized carbons (Fsp3) is 0.800. The van der Waals surface area contributed by atoms with Gasteiger partial charge in [0.05, 0.1) is 16.6 Å². The van der Waals surface area contributed by atoms with Crippen LogP contribution in [0.1, 0.15) is 43.8 Å². The van der Waals surface area contributed by atoms with E-state index in [0.29, 0.717) is 5.88 Å². The first-order valence-corrected chi connectivity index (χ1v) is 8.82. The monoisotopic (exact) mass is 300 g/mol. The molecule has 1 aromatic heterocycles. The van der Waals surface area contributed by atoms with Crippen LogP contribution in [0.25, 0.3) is 0 Å². The molecule has 2 nitrogen and oxygen atoms in total. The first kappa shape index (κ1) is 15.3. The summed E-state index contributed by atoms with van der Waals surface area (Å²) < 4.78 is 0. The van der Waals surface area contributed by atoms with Crippen molar-refractivity contribution in [2.24, 2.45) is 11.8 Å². The van der Waals surface area contributed by atoms with Gasteiger partial charge in [-0.25, -0.2) is 4.98 Å². The zero-order valence-corrected chi connectivity index (χ0v) is 13.6. The lowest BCUT2D eigenvalue weighted by Gasteiger charge is -2.35. The van der Waals surface area contributed by atoms with E-state index in [-0.39, 0.29) is 0 Å². The van der Waals surface area contributed by atoms with Gasteiger partial charge in [0.1, 0.15) is 0 Å². The van der Waals surface area contributed by atoms with Crippen LogP contribution in [0.4, 0.5) is 0 Å². The Morgan fingerprint density at radius 2 is 2.21 bits per heavy atom. The first-order valence-electron chi connectivity index (χ1n) is 7.40. The summed E-state index contributed by atoms with van der Waals surface area (Å²) in [7, 11) is 0. The van der Waals surface area contributed by atoms with Crippen LogP contribution < -0.4 is 0 Å². The summed E-state index contributed by atoms with van der Waals surface area (Å²) in [5.41, 5.74) is 1.03. The van der Waals surface area contributed by atoms with E-state index in [2.05, 4.69) is 29.1 Å². The molecule has 0 saturated carbocycles. The molecule has 0 aliphatic carbocycles. The third-order valence-corrected chi connectivity index (χ3v) is 5.50. The Hall–Kier alpha value is -0.120. The Kier molecular flexibility index (Phi) is 6.11. The molecular weight excluding hydrogens is 276 g/mol. The topological polar surface area (TPSA) is 16.1 Å². The van der Waals surface area contributed by atoms with Gasteiger partial charge in [-0.05, 0) is 50.6 Å². The molecule has 0 bridgehead atoms. The van der Waals surface area contributed by atoms with E-state index >= 15 is 0 Å². The smallest absolute Gasteiger partial charge is 0.0928 e. The fourth-order valence-electron chi connectivity index (χ4n) is 2.69. The standard InChI is InChI=1S/C15H25ClN2S/c1-12-6-8-18(10-13(12)2)7-4-3-5-15-17-14(9-16)11-19-15/h11-13H,3-10H2,1-2H3. The molecule has 2 heterocycles. The Bertz CT molecular complexity index is 380. The Labute approximate surface area is 126 Å². The van der Waals surface area contributed by atoms with Gasteiger partial charge in [-0.1, -0.05) is 13.8 Å². The largest absolute Gasteiger partial charge is 0.303 e. The maximum Gasteiger partial charge on any atom is 0.0928 e. The minimum absolute atomic E-state index is 0.542. The molecule has 108 valence electrons. The number of aryl methyl sites for hydroxylation is 1. The van der Waals surface area contributed by atoms with Gasteiger partial charge < -0.3 is 4.90 Å². The Morgan fingerprint density at radius 3 is 2.89 bits per heavy atom. The van der Waals surface area contributed by atoms with Crippen LogP contribution in [0.2, 0.25) is 0 Å². The Balaban J connectivity index is 1.61. The molecule has 1 fully saturated rings. The zero-order chi connectivity index (χ0) is 13.7. The Morgan fingerprint density at radius 1 is 1.37 bits per heavy atom. The minimum Gasteiger partial charge on any atom is -0.303 e. The number of hydrogen-bond acceptors (Lipinski definition) is 3. The number of nitrogens with zero attached hydrogens (tertiary/aromatic N) is 2. The molecule has 4 heteroatoms. The highest BCUT2D eigenvalue weighted by molar-refractivity contribution is 7.09. The van der Waals surface area contributed by atoms with Crippen LogP contribution in [0, 0.1) is 11.8 Å². The number of likely N-dealkylation sites (tertiary alicyclic amines) is 1. The average molecular weight is 301 g/mol. The summed E-state index contributed by atoms with van der Waals surface area (Å²) in [6.45, 7) is 8.61. The molecule has 0 N–H and O–H groups in total. The normalized spacial score (nSPS) is 24.8. The number of alkyl halides is 1. The number of aromatic nitrogens is 1. The van der Waals surface area contributed by atoms with E-state index in [9.17, 15) is 0 Å². The maximum atomic E-state index is 5.77. The highest BCUT2D eigenvalue weighted by atomic mass is 35.5. The summed E-state index contributed by atoms with van der Waals surface area (Å²) in [6, 6.07) is 0. The van der Waals surface area contributed by atoms with Crippen LogP contribution in [-0.4, -0.2) is 29.5 Å². The van der Waals surface area contributed by atoms with E-state index in [1.807, 2.05) is 0 Å². The molecule has 1 saturated heterocycles. The second-order valence-corrected chi connectivity index (χ2v) is 7.08. The number of unbranched alkanes of at least 4 members (excludes halogenated alkanes) is 1. The summed E-state index contributed by atoms with van der Waals surface area (Å²) in [5, 5.41) is 3.33. The van der Waals surface area contributed by atoms with Crippen LogP contribution >= 0.6 is 22.9 Å².